The van der Waals surface area contributed by atoms with Gasteiger partial charge in [0, 0.05) is 12.2 Å². The van der Waals surface area contributed by atoms with Crippen molar-refractivity contribution in [3.8, 4) is 0 Å². The lowest BCUT2D eigenvalue weighted by atomic mass is 10.0. The molecule has 0 saturated heterocycles. The van der Waals surface area contributed by atoms with Crippen LogP contribution in [0, 0.1) is 5.92 Å². The number of hydrogen-bond donors (Lipinski definition) is 2. The van der Waals surface area contributed by atoms with Crippen LogP contribution < -0.4 is 10.6 Å². The first-order valence-electron chi connectivity index (χ1n) is 7.54. The molecule has 0 spiro atoms. The van der Waals surface area contributed by atoms with Crippen molar-refractivity contribution in [2.75, 3.05) is 11.9 Å². The highest BCUT2D eigenvalue weighted by atomic mass is 16.2. The van der Waals surface area contributed by atoms with E-state index in [4.69, 9.17) is 0 Å². The Morgan fingerprint density at radius 1 is 1.05 bits per heavy atom. The van der Waals surface area contributed by atoms with Gasteiger partial charge in [-0.15, -0.1) is 0 Å². The third kappa shape index (κ3) is 5.64. The first-order valence-corrected chi connectivity index (χ1v) is 7.54. The van der Waals surface area contributed by atoms with E-state index < -0.39 is 0 Å². The van der Waals surface area contributed by atoms with E-state index >= 15 is 0 Å². The topological polar surface area (TPSA) is 41.1 Å². The van der Waals surface area contributed by atoms with Crippen molar-refractivity contribution in [3.05, 3.63) is 29.8 Å². The van der Waals surface area contributed by atoms with E-state index in [0.29, 0.717) is 11.8 Å². The SMILES string of the molecule is CC(C)CCNC(=O)C(C)Nc1ccc(C(C)C)cc1. The second kappa shape index (κ2) is 7.93. The van der Waals surface area contributed by atoms with E-state index in [1.54, 1.807) is 0 Å². The minimum Gasteiger partial charge on any atom is -0.374 e. The second-order valence-electron chi connectivity index (χ2n) is 6.12. The zero-order chi connectivity index (χ0) is 15.1. The molecule has 3 heteroatoms. The van der Waals surface area contributed by atoms with Crippen molar-refractivity contribution in [3.63, 3.8) is 0 Å². The van der Waals surface area contributed by atoms with Crippen LogP contribution >= 0.6 is 0 Å². The summed E-state index contributed by atoms with van der Waals surface area (Å²) in [5.41, 5.74) is 2.30. The Morgan fingerprint density at radius 2 is 1.65 bits per heavy atom. The molecule has 0 aromatic heterocycles. The predicted octanol–water partition coefficient (Wildman–Crippen LogP) is 3.77. The normalized spacial score (nSPS) is 12.6. The van der Waals surface area contributed by atoms with Crippen molar-refractivity contribution in [2.24, 2.45) is 5.92 Å². The standard InChI is InChI=1S/C17H28N2O/c1-12(2)10-11-18-17(20)14(5)19-16-8-6-15(7-9-16)13(3)4/h6-9,12-14,19H,10-11H2,1-5H3,(H,18,20). The number of amides is 1. The zero-order valence-electron chi connectivity index (χ0n) is 13.4. The number of anilines is 1. The van der Waals surface area contributed by atoms with E-state index in [-0.39, 0.29) is 11.9 Å². The van der Waals surface area contributed by atoms with E-state index in [0.717, 1.165) is 18.7 Å². The molecule has 2 N–H and O–H groups in total. The molecule has 1 rings (SSSR count). The zero-order valence-corrected chi connectivity index (χ0v) is 13.4. The van der Waals surface area contributed by atoms with Crippen LogP contribution in [0.3, 0.4) is 0 Å². The van der Waals surface area contributed by atoms with E-state index in [9.17, 15) is 4.79 Å². The Hall–Kier alpha value is -1.51. The van der Waals surface area contributed by atoms with E-state index in [1.807, 2.05) is 19.1 Å². The fourth-order valence-electron chi connectivity index (χ4n) is 1.92. The first-order chi connectivity index (χ1) is 9.40. The predicted molar refractivity (Wildman–Crippen MR) is 86.1 cm³/mol. The molecule has 0 saturated carbocycles. The lowest BCUT2D eigenvalue weighted by molar-refractivity contribution is -0.121. The summed E-state index contributed by atoms with van der Waals surface area (Å²) in [5, 5.41) is 6.20. The van der Waals surface area contributed by atoms with Crippen LogP contribution in [0.5, 0.6) is 0 Å². The summed E-state index contributed by atoms with van der Waals surface area (Å²) in [4.78, 5) is 11.9. The molecule has 0 aliphatic carbocycles. The Labute approximate surface area is 123 Å². The summed E-state index contributed by atoms with van der Waals surface area (Å²) >= 11 is 0. The van der Waals surface area contributed by atoms with E-state index in [1.165, 1.54) is 5.56 Å². The molecule has 0 fully saturated rings. The fourth-order valence-corrected chi connectivity index (χ4v) is 1.92. The number of rotatable bonds is 7. The lowest BCUT2D eigenvalue weighted by Crippen LogP contribution is -2.38. The van der Waals surface area contributed by atoms with Crippen molar-refractivity contribution >= 4 is 11.6 Å². The maximum atomic E-state index is 11.9. The Morgan fingerprint density at radius 3 is 2.15 bits per heavy atom. The highest BCUT2D eigenvalue weighted by molar-refractivity contribution is 5.84. The maximum Gasteiger partial charge on any atom is 0.242 e. The molecule has 0 aliphatic heterocycles. The summed E-state index contributed by atoms with van der Waals surface area (Å²) in [6.07, 6.45) is 1.02. The summed E-state index contributed by atoms with van der Waals surface area (Å²) in [6.45, 7) is 11.3. The molecular formula is C17H28N2O. The highest BCUT2D eigenvalue weighted by Gasteiger charge is 2.12. The molecule has 1 unspecified atom stereocenters. The van der Waals surface area contributed by atoms with Crippen LogP contribution in [-0.2, 0) is 4.79 Å². The smallest absolute Gasteiger partial charge is 0.242 e. The van der Waals surface area contributed by atoms with Gasteiger partial charge in [-0.05, 0) is 42.9 Å². The molecule has 1 aromatic carbocycles. The second-order valence-corrected chi connectivity index (χ2v) is 6.12. The molecular weight excluding hydrogens is 248 g/mol. The minimum atomic E-state index is -0.216. The number of nitrogens with one attached hydrogen (secondary N) is 2. The molecule has 20 heavy (non-hydrogen) atoms. The number of carbonyl (C=O) groups is 1. The van der Waals surface area contributed by atoms with Gasteiger partial charge in [-0.25, -0.2) is 0 Å². The third-order valence-electron chi connectivity index (χ3n) is 3.37. The van der Waals surface area contributed by atoms with Gasteiger partial charge in [-0.3, -0.25) is 4.79 Å². The first kappa shape index (κ1) is 16.5. The van der Waals surface area contributed by atoms with Crippen LogP contribution in [0.15, 0.2) is 24.3 Å². The minimum absolute atomic E-state index is 0.0542. The van der Waals surface area contributed by atoms with Gasteiger partial charge < -0.3 is 10.6 Å². The van der Waals surface area contributed by atoms with Crippen molar-refractivity contribution in [1.82, 2.24) is 5.32 Å². The van der Waals surface area contributed by atoms with E-state index in [2.05, 4.69) is 50.5 Å². The van der Waals surface area contributed by atoms with Gasteiger partial charge in [-0.1, -0.05) is 39.8 Å². The molecule has 3 nitrogen and oxygen atoms in total. The number of hydrogen-bond acceptors (Lipinski definition) is 2. The number of carbonyl (C=O) groups excluding carboxylic acids is 1. The summed E-state index contributed by atoms with van der Waals surface area (Å²) in [5.74, 6) is 1.20. The van der Waals surface area contributed by atoms with Gasteiger partial charge in [0.2, 0.25) is 5.91 Å². The summed E-state index contributed by atoms with van der Waals surface area (Å²) in [7, 11) is 0. The van der Waals surface area contributed by atoms with Gasteiger partial charge in [-0.2, -0.15) is 0 Å². The molecule has 0 bridgehead atoms. The Balaban J connectivity index is 2.44. The fraction of sp³-hybridized carbons (Fsp3) is 0.588. The summed E-state index contributed by atoms with van der Waals surface area (Å²) in [6, 6.07) is 8.07. The van der Waals surface area contributed by atoms with Crippen LogP contribution in [0.2, 0.25) is 0 Å². The van der Waals surface area contributed by atoms with Gasteiger partial charge in [0.05, 0.1) is 0 Å². The molecule has 112 valence electrons. The van der Waals surface area contributed by atoms with Gasteiger partial charge in [0.15, 0.2) is 0 Å². The van der Waals surface area contributed by atoms with Gasteiger partial charge in [0.25, 0.3) is 0 Å². The molecule has 1 aromatic rings. The molecule has 1 atom stereocenters. The number of benzene rings is 1. The van der Waals surface area contributed by atoms with Gasteiger partial charge >= 0.3 is 0 Å². The third-order valence-corrected chi connectivity index (χ3v) is 3.37. The maximum absolute atomic E-state index is 11.9. The average molecular weight is 276 g/mol. The van der Waals surface area contributed by atoms with Crippen LogP contribution in [0.25, 0.3) is 0 Å². The van der Waals surface area contributed by atoms with Crippen LogP contribution in [-0.4, -0.2) is 18.5 Å². The largest absolute Gasteiger partial charge is 0.374 e. The Kier molecular flexibility index (Phi) is 6.56. The van der Waals surface area contributed by atoms with Crippen LogP contribution in [0.1, 0.15) is 52.5 Å². The summed E-state index contributed by atoms with van der Waals surface area (Å²) < 4.78 is 0. The molecule has 1 amide bonds. The lowest BCUT2D eigenvalue weighted by Gasteiger charge is -2.16. The monoisotopic (exact) mass is 276 g/mol. The molecule has 0 aliphatic rings. The van der Waals surface area contributed by atoms with Gasteiger partial charge in [0.1, 0.15) is 6.04 Å². The molecule has 0 heterocycles. The Bertz CT molecular complexity index is 410. The van der Waals surface area contributed by atoms with Crippen LogP contribution in [0.4, 0.5) is 5.69 Å². The van der Waals surface area contributed by atoms with Crippen molar-refractivity contribution in [2.45, 2.75) is 53.0 Å². The quantitative estimate of drug-likeness (QED) is 0.796. The highest BCUT2D eigenvalue weighted by Crippen LogP contribution is 2.17. The molecule has 0 radical (unpaired) electrons. The average Bonchev–Trinajstić information content (AvgIpc) is 2.38. The van der Waals surface area contributed by atoms with Crippen molar-refractivity contribution in [1.29, 1.82) is 0 Å². The van der Waals surface area contributed by atoms with Crippen molar-refractivity contribution < 1.29 is 4.79 Å².